The van der Waals surface area contributed by atoms with E-state index in [1.54, 1.807) is 54.6 Å². The number of nitrogens with one attached hydrogen (secondary N) is 1. The van der Waals surface area contributed by atoms with Crippen molar-refractivity contribution in [2.45, 2.75) is 12.7 Å². The van der Waals surface area contributed by atoms with Gasteiger partial charge in [-0.15, -0.1) is 0 Å². The second kappa shape index (κ2) is 8.51. The Kier molecular flexibility index (Phi) is 5.75. The Hall–Kier alpha value is -3.59. The van der Waals surface area contributed by atoms with Crippen LogP contribution in [0.25, 0.3) is 16.9 Å². The van der Waals surface area contributed by atoms with Crippen molar-refractivity contribution < 1.29 is 22.7 Å². The Morgan fingerprint density at radius 3 is 2.44 bits per heavy atom. The molecule has 164 valence electrons. The van der Waals surface area contributed by atoms with Gasteiger partial charge in [0.1, 0.15) is 10.8 Å². The molecule has 2 aromatic heterocycles. The van der Waals surface area contributed by atoms with Gasteiger partial charge in [-0.05, 0) is 23.8 Å². The van der Waals surface area contributed by atoms with Gasteiger partial charge in [0.05, 0.1) is 12.8 Å². The first-order valence-electron chi connectivity index (χ1n) is 9.41. The zero-order valence-corrected chi connectivity index (χ0v) is 17.4. The SMILES string of the molecule is COc1ccc(CNC(=O)c2nn3c(C(F)(F)F)cc(-c4ccccc4)nc3c2Cl)cc1. The first kappa shape index (κ1) is 21.6. The van der Waals surface area contributed by atoms with Crippen molar-refractivity contribution in [1.29, 1.82) is 0 Å². The predicted molar refractivity (Wildman–Crippen MR) is 113 cm³/mol. The maximum absolute atomic E-state index is 13.7. The highest BCUT2D eigenvalue weighted by molar-refractivity contribution is 6.36. The van der Waals surface area contributed by atoms with Crippen LogP contribution in [0.15, 0.2) is 60.7 Å². The molecule has 10 heteroatoms. The van der Waals surface area contributed by atoms with Crippen LogP contribution >= 0.6 is 11.6 Å². The molecular weight excluding hydrogens is 445 g/mol. The van der Waals surface area contributed by atoms with Gasteiger partial charge in [-0.1, -0.05) is 54.1 Å². The number of halogens is 4. The lowest BCUT2D eigenvalue weighted by atomic mass is 10.1. The highest BCUT2D eigenvalue weighted by atomic mass is 35.5. The van der Waals surface area contributed by atoms with Crippen LogP contribution in [-0.4, -0.2) is 27.6 Å². The smallest absolute Gasteiger partial charge is 0.433 e. The Morgan fingerprint density at radius 1 is 1.12 bits per heavy atom. The van der Waals surface area contributed by atoms with Gasteiger partial charge in [0.25, 0.3) is 5.91 Å². The van der Waals surface area contributed by atoms with E-state index in [0.717, 1.165) is 11.6 Å². The van der Waals surface area contributed by atoms with Crippen LogP contribution in [0.4, 0.5) is 13.2 Å². The van der Waals surface area contributed by atoms with Gasteiger partial charge in [-0.3, -0.25) is 4.79 Å². The van der Waals surface area contributed by atoms with E-state index in [1.807, 2.05) is 0 Å². The van der Waals surface area contributed by atoms with Crippen molar-refractivity contribution in [1.82, 2.24) is 19.9 Å². The quantitative estimate of drug-likeness (QED) is 0.454. The fraction of sp³-hybridized carbons (Fsp3) is 0.136. The lowest BCUT2D eigenvalue weighted by Gasteiger charge is -2.11. The molecule has 1 amide bonds. The minimum atomic E-state index is -4.74. The van der Waals surface area contributed by atoms with E-state index in [4.69, 9.17) is 16.3 Å². The van der Waals surface area contributed by atoms with Gasteiger partial charge < -0.3 is 10.1 Å². The molecule has 1 N–H and O–H groups in total. The molecule has 4 rings (SSSR count). The highest BCUT2D eigenvalue weighted by Gasteiger charge is 2.36. The van der Waals surface area contributed by atoms with E-state index in [9.17, 15) is 18.0 Å². The minimum absolute atomic E-state index is 0.0671. The van der Waals surface area contributed by atoms with Crippen LogP contribution in [-0.2, 0) is 12.7 Å². The predicted octanol–water partition coefficient (Wildman–Crippen LogP) is 5.01. The number of methoxy groups -OCH3 is 1. The van der Waals surface area contributed by atoms with Crippen LogP contribution in [0.2, 0.25) is 5.02 Å². The van der Waals surface area contributed by atoms with Gasteiger partial charge in [-0.25, -0.2) is 9.50 Å². The molecular formula is C22H16ClF3N4O2. The third-order valence-corrected chi connectivity index (χ3v) is 5.07. The molecule has 0 bridgehead atoms. The van der Waals surface area contributed by atoms with Crippen LogP contribution < -0.4 is 10.1 Å². The van der Waals surface area contributed by atoms with E-state index in [2.05, 4.69) is 15.4 Å². The standard InChI is InChI=1S/C22H16ClF3N4O2/c1-32-15-9-7-13(8-10-15)12-27-21(31)19-18(23)20-28-16(14-5-3-2-4-6-14)11-17(22(24,25)26)30(20)29-19/h2-11H,12H2,1H3,(H,27,31). The number of amides is 1. The second-order valence-corrected chi connectivity index (χ2v) is 7.20. The monoisotopic (exact) mass is 460 g/mol. The number of carbonyl (C=O) groups is 1. The van der Waals surface area contributed by atoms with Crippen molar-refractivity contribution in [2.24, 2.45) is 0 Å². The summed E-state index contributed by atoms with van der Waals surface area (Å²) < 4.78 is 46.9. The fourth-order valence-corrected chi connectivity index (χ4v) is 3.35. The van der Waals surface area contributed by atoms with Gasteiger partial charge >= 0.3 is 6.18 Å². The number of fused-ring (bicyclic) bond motifs is 1. The average molecular weight is 461 g/mol. The maximum Gasteiger partial charge on any atom is 0.433 e. The average Bonchev–Trinajstić information content (AvgIpc) is 3.13. The van der Waals surface area contributed by atoms with E-state index in [1.165, 1.54) is 7.11 Å². The number of alkyl halides is 3. The lowest BCUT2D eigenvalue weighted by Crippen LogP contribution is -2.23. The zero-order valence-electron chi connectivity index (χ0n) is 16.7. The van der Waals surface area contributed by atoms with Crippen LogP contribution in [0.1, 0.15) is 21.7 Å². The van der Waals surface area contributed by atoms with Gasteiger partial charge in [0.2, 0.25) is 0 Å². The normalized spacial score (nSPS) is 11.5. The summed E-state index contributed by atoms with van der Waals surface area (Å²) in [7, 11) is 1.54. The summed E-state index contributed by atoms with van der Waals surface area (Å²) in [6, 6.07) is 16.2. The Balaban J connectivity index is 1.71. The Morgan fingerprint density at radius 2 is 1.81 bits per heavy atom. The van der Waals surface area contributed by atoms with Crippen molar-refractivity contribution in [3.8, 4) is 17.0 Å². The molecule has 6 nitrogen and oxygen atoms in total. The first-order chi connectivity index (χ1) is 15.3. The summed E-state index contributed by atoms with van der Waals surface area (Å²) in [6.45, 7) is 0.127. The van der Waals surface area contributed by atoms with Gasteiger partial charge in [0.15, 0.2) is 17.0 Å². The second-order valence-electron chi connectivity index (χ2n) is 6.82. The van der Waals surface area contributed by atoms with E-state index >= 15 is 0 Å². The maximum atomic E-state index is 13.7. The molecule has 0 saturated heterocycles. The summed E-state index contributed by atoms with van der Waals surface area (Å²) in [4.78, 5) is 16.9. The fourth-order valence-electron chi connectivity index (χ4n) is 3.10. The number of benzene rings is 2. The molecule has 0 aliphatic rings. The lowest BCUT2D eigenvalue weighted by molar-refractivity contribution is -0.142. The van der Waals surface area contributed by atoms with E-state index in [-0.39, 0.29) is 28.6 Å². The highest BCUT2D eigenvalue weighted by Crippen LogP contribution is 2.34. The zero-order chi connectivity index (χ0) is 22.9. The summed E-state index contributed by atoms with van der Waals surface area (Å²) >= 11 is 6.26. The molecule has 0 atom stereocenters. The molecule has 0 radical (unpaired) electrons. The van der Waals surface area contributed by atoms with Crippen molar-refractivity contribution >= 4 is 23.2 Å². The van der Waals surface area contributed by atoms with Crippen LogP contribution in [0, 0.1) is 0 Å². The molecule has 2 heterocycles. The van der Waals surface area contributed by atoms with Crippen LogP contribution in [0.5, 0.6) is 5.75 Å². The Labute approximate surface area is 185 Å². The van der Waals surface area contributed by atoms with Gasteiger partial charge in [0, 0.05) is 12.1 Å². The molecule has 32 heavy (non-hydrogen) atoms. The number of hydrogen-bond acceptors (Lipinski definition) is 4. The molecule has 0 aliphatic heterocycles. The molecule has 0 saturated carbocycles. The largest absolute Gasteiger partial charge is 0.497 e. The van der Waals surface area contributed by atoms with Crippen molar-refractivity contribution in [3.63, 3.8) is 0 Å². The summed E-state index contributed by atoms with van der Waals surface area (Å²) in [5, 5.41) is 6.17. The number of carbonyl (C=O) groups excluding carboxylic acids is 1. The third kappa shape index (κ3) is 4.24. The summed E-state index contributed by atoms with van der Waals surface area (Å²) in [5.74, 6) is -0.0610. The van der Waals surface area contributed by atoms with Crippen LogP contribution in [0.3, 0.4) is 0 Å². The number of ether oxygens (including phenoxy) is 1. The minimum Gasteiger partial charge on any atom is -0.497 e. The summed E-state index contributed by atoms with van der Waals surface area (Å²) in [5.41, 5.74) is -0.379. The number of aromatic nitrogens is 3. The Bertz CT molecular complexity index is 1270. The summed E-state index contributed by atoms with van der Waals surface area (Å²) in [6.07, 6.45) is -4.74. The molecule has 0 fully saturated rings. The van der Waals surface area contributed by atoms with Crippen molar-refractivity contribution in [2.75, 3.05) is 7.11 Å². The topological polar surface area (TPSA) is 68.5 Å². The number of nitrogens with zero attached hydrogens (tertiary/aromatic N) is 3. The molecule has 2 aromatic carbocycles. The van der Waals surface area contributed by atoms with Crippen molar-refractivity contribution in [3.05, 3.63) is 82.6 Å². The number of hydrogen-bond donors (Lipinski definition) is 1. The molecule has 4 aromatic rings. The third-order valence-electron chi connectivity index (χ3n) is 4.72. The number of rotatable bonds is 5. The van der Waals surface area contributed by atoms with E-state index in [0.29, 0.717) is 15.8 Å². The van der Waals surface area contributed by atoms with Gasteiger partial charge in [-0.2, -0.15) is 18.3 Å². The molecule has 0 unspecified atom stereocenters. The van der Waals surface area contributed by atoms with E-state index < -0.39 is 17.8 Å². The first-order valence-corrected chi connectivity index (χ1v) is 9.78. The molecule has 0 aliphatic carbocycles. The molecule has 0 spiro atoms.